The summed E-state index contributed by atoms with van der Waals surface area (Å²) in [6.07, 6.45) is 7.71. The summed E-state index contributed by atoms with van der Waals surface area (Å²) in [5, 5.41) is 12.2. The highest BCUT2D eigenvalue weighted by Gasteiger charge is 2.22. The molecule has 1 fully saturated rings. The van der Waals surface area contributed by atoms with Gasteiger partial charge in [-0.15, -0.1) is 16.8 Å². The van der Waals surface area contributed by atoms with E-state index in [1.165, 1.54) is 24.6 Å². The van der Waals surface area contributed by atoms with E-state index in [0.717, 1.165) is 23.1 Å². The van der Waals surface area contributed by atoms with E-state index in [-0.39, 0.29) is 5.91 Å². The standard InChI is InChI=1S/C16H19N5OS/c1-2-9-21-15(13-5-7-17-8-6-13)19-20-16(21)23-11-14(22)18-10-12-3-4-12/h2,5-8,12H,1,3-4,9-11H2,(H,18,22). The van der Waals surface area contributed by atoms with E-state index in [1.807, 2.05) is 16.7 Å². The lowest BCUT2D eigenvalue weighted by Gasteiger charge is -2.08. The van der Waals surface area contributed by atoms with Gasteiger partial charge in [-0.1, -0.05) is 17.8 Å². The number of nitrogens with one attached hydrogen (secondary N) is 1. The number of hydrogen-bond donors (Lipinski definition) is 1. The zero-order valence-electron chi connectivity index (χ0n) is 12.8. The first-order valence-corrected chi connectivity index (χ1v) is 8.60. The van der Waals surface area contributed by atoms with Crippen LogP contribution in [0.4, 0.5) is 0 Å². The number of hydrogen-bond acceptors (Lipinski definition) is 5. The molecule has 0 aliphatic heterocycles. The molecule has 7 heteroatoms. The van der Waals surface area contributed by atoms with E-state index in [2.05, 4.69) is 27.1 Å². The van der Waals surface area contributed by atoms with Gasteiger partial charge >= 0.3 is 0 Å². The average Bonchev–Trinajstić information content (AvgIpc) is 3.33. The molecule has 1 N–H and O–H groups in total. The summed E-state index contributed by atoms with van der Waals surface area (Å²) in [7, 11) is 0. The van der Waals surface area contributed by atoms with Gasteiger partial charge in [0.25, 0.3) is 0 Å². The second-order valence-corrected chi connectivity index (χ2v) is 6.42. The van der Waals surface area contributed by atoms with Crippen molar-refractivity contribution in [1.82, 2.24) is 25.1 Å². The summed E-state index contributed by atoms with van der Waals surface area (Å²) in [5.41, 5.74) is 0.944. The molecule has 23 heavy (non-hydrogen) atoms. The van der Waals surface area contributed by atoms with Crippen molar-refractivity contribution in [2.45, 2.75) is 24.5 Å². The van der Waals surface area contributed by atoms with E-state index in [9.17, 15) is 4.79 Å². The van der Waals surface area contributed by atoms with Crippen molar-refractivity contribution in [1.29, 1.82) is 0 Å². The van der Waals surface area contributed by atoms with Gasteiger partial charge in [0.1, 0.15) is 0 Å². The van der Waals surface area contributed by atoms with E-state index in [0.29, 0.717) is 18.2 Å². The maximum atomic E-state index is 11.9. The highest BCUT2D eigenvalue weighted by Crippen LogP contribution is 2.27. The van der Waals surface area contributed by atoms with Gasteiger partial charge in [-0.25, -0.2) is 0 Å². The first-order chi connectivity index (χ1) is 11.3. The van der Waals surface area contributed by atoms with Gasteiger partial charge in [0.05, 0.1) is 5.75 Å². The lowest BCUT2D eigenvalue weighted by atomic mass is 10.2. The molecular weight excluding hydrogens is 310 g/mol. The molecule has 1 amide bonds. The fourth-order valence-electron chi connectivity index (χ4n) is 2.16. The van der Waals surface area contributed by atoms with Crippen LogP contribution in [0.2, 0.25) is 0 Å². The summed E-state index contributed by atoms with van der Waals surface area (Å²) in [6.45, 7) is 5.17. The summed E-state index contributed by atoms with van der Waals surface area (Å²) < 4.78 is 1.96. The van der Waals surface area contributed by atoms with Crippen molar-refractivity contribution in [3.8, 4) is 11.4 Å². The van der Waals surface area contributed by atoms with Gasteiger partial charge in [0, 0.05) is 31.0 Å². The minimum absolute atomic E-state index is 0.0421. The molecule has 0 radical (unpaired) electrons. The Bertz CT molecular complexity index is 681. The summed E-state index contributed by atoms with van der Waals surface area (Å²) in [4.78, 5) is 15.9. The molecule has 2 heterocycles. The number of allylic oxidation sites excluding steroid dienone is 1. The number of carbonyl (C=O) groups excluding carboxylic acids is 1. The number of nitrogens with zero attached hydrogens (tertiary/aromatic N) is 4. The number of amides is 1. The number of aromatic nitrogens is 4. The lowest BCUT2D eigenvalue weighted by molar-refractivity contribution is -0.118. The lowest BCUT2D eigenvalue weighted by Crippen LogP contribution is -2.27. The van der Waals surface area contributed by atoms with Crippen LogP contribution in [0.1, 0.15) is 12.8 Å². The number of carbonyl (C=O) groups is 1. The Morgan fingerprint density at radius 3 is 2.87 bits per heavy atom. The van der Waals surface area contributed by atoms with E-state index < -0.39 is 0 Å². The van der Waals surface area contributed by atoms with Crippen molar-refractivity contribution in [3.63, 3.8) is 0 Å². The van der Waals surface area contributed by atoms with Crippen molar-refractivity contribution >= 4 is 17.7 Å². The van der Waals surface area contributed by atoms with Gasteiger partial charge in [-0.05, 0) is 30.9 Å². The molecule has 1 aliphatic rings. The Hall–Kier alpha value is -2.15. The van der Waals surface area contributed by atoms with Crippen molar-refractivity contribution < 1.29 is 4.79 Å². The second-order valence-electron chi connectivity index (χ2n) is 5.48. The fraction of sp³-hybridized carbons (Fsp3) is 0.375. The average molecular weight is 329 g/mol. The number of thioether (sulfide) groups is 1. The summed E-state index contributed by atoms with van der Waals surface area (Å²) in [6, 6.07) is 3.78. The smallest absolute Gasteiger partial charge is 0.230 e. The third-order valence-electron chi connectivity index (χ3n) is 3.58. The molecular formula is C16H19N5OS. The van der Waals surface area contributed by atoms with E-state index in [1.54, 1.807) is 18.5 Å². The van der Waals surface area contributed by atoms with Crippen LogP contribution in [0.5, 0.6) is 0 Å². The first-order valence-electron chi connectivity index (χ1n) is 7.62. The molecule has 0 spiro atoms. The minimum atomic E-state index is 0.0421. The number of pyridine rings is 1. The van der Waals surface area contributed by atoms with Crippen molar-refractivity contribution in [2.75, 3.05) is 12.3 Å². The topological polar surface area (TPSA) is 72.7 Å². The van der Waals surface area contributed by atoms with Crippen LogP contribution in [0.3, 0.4) is 0 Å². The van der Waals surface area contributed by atoms with Crippen LogP contribution in [0, 0.1) is 5.92 Å². The van der Waals surface area contributed by atoms with Gasteiger partial charge < -0.3 is 5.32 Å². The first kappa shape index (κ1) is 15.7. The molecule has 0 unspecified atom stereocenters. The largest absolute Gasteiger partial charge is 0.355 e. The summed E-state index contributed by atoms with van der Waals surface area (Å²) >= 11 is 1.40. The molecule has 0 saturated heterocycles. The second kappa shape index (κ2) is 7.41. The molecule has 1 saturated carbocycles. The Kier molecular flexibility index (Phi) is 5.07. The van der Waals surface area contributed by atoms with Crippen LogP contribution in [-0.4, -0.2) is 38.0 Å². The molecule has 120 valence electrons. The number of rotatable bonds is 8. The third kappa shape index (κ3) is 4.19. The molecule has 2 aromatic rings. The van der Waals surface area contributed by atoms with Crippen LogP contribution in [0.25, 0.3) is 11.4 Å². The molecule has 1 aliphatic carbocycles. The van der Waals surface area contributed by atoms with E-state index in [4.69, 9.17) is 0 Å². The fourth-order valence-corrected chi connectivity index (χ4v) is 2.94. The molecule has 2 aromatic heterocycles. The van der Waals surface area contributed by atoms with Crippen LogP contribution < -0.4 is 5.32 Å². The van der Waals surface area contributed by atoms with E-state index >= 15 is 0 Å². The maximum Gasteiger partial charge on any atom is 0.230 e. The predicted octanol–water partition coefficient (Wildman–Crippen LogP) is 2.14. The highest BCUT2D eigenvalue weighted by molar-refractivity contribution is 7.99. The quantitative estimate of drug-likeness (QED) is 0.593. The van der Waals surface area contributed by atoms with Crippen LogP contribution in [-0.2, 0) is 11.3 Å². The highest BCUT2D eigenvalue weighted by atomic mass is 32.2. The maximum absolute atomic E-state index is 11.9. The molecule has 6 nitrogen and oxygen atoms in total. The van der Waals surface area contributed by atoms with Crippen LogP contribution in [0.15, 0.2) is 42.3 Å². The SMILES string of the molecule is C=CCn1c(SCC(=O)NCC2CC2)nnc1-c1ccncc1. The zero-order chi connectivity index (χ0) is 16.1. The molecule has 3 rings (SSSR count). The van der Waals surface area contributed by atoms with Gasteiger partial charge in [-0.3, -0.25) is 14.3 Å². The monoisotopic (exact) mass is 329 g/mol. The zero-order valence-corrected chi connectivity index (χ0v) is 13.6. The third-order valence-corrected chi connectivity index (χ3v) is 4.55. The van der Waals surface area contributed by atoms with Crippen molar-refractivity contribution in [2.24, 2.45) is 5.92 Å². The Labute approximate surface area is 139 Å². The van der Waals surface area contributed by atoms with Crippen molar-refractivity contribution in [3.05, 3.63) is 37.2 Å². The Balaban J connectivity index is 1.67. The molecule has 0 bridgehead atoms. The van der Waals surface area contributed by atoms with Crippen LogP contribution >= 0.6 is 11.8 Å². The molecule has 0 aromatic carbocycles. The van der Waals surface area contributed by atoms with Gasteiger partial charge in [-0.2, -0.15) is 0 Å². The predicted molar refractivity (Wildman–Crippen MR) is 89.9 cm³/mol. The Morgan fingerprint density at radius 2 is 2.17 bits per heavy atom. The van der Waals surface area contributed by atoms with Gasteiger partial charge in [0.15, 0.2) is 11.0 Å². The molecule has 0 atom stereocenters. The van der Waals surface area contributed by atoms with Gasteiger partial charge in [0.2, 0.25) is 5.91 Å². The summed E-state index contributed by atoms with van der Waals surface area (Å²) in [5.74, 6) is 1.83. The Morgan fingerprint density at radius 1 is 1.39 bits per heavy atom. The minimum Gasteiger partial charge on any atom is -0.355 e. The normalized spacial score (nSPS) is 13.7.